The standard InChI is InChI=1S/C17H25F2N3/c1-20(13-14-2-3-14)6-7-21-8-10-22(11-9-21)17-5-4-15(18)12-16(17)19/h4-5,12,14H,2-3,6-11,13H2,1H3. The maximum atomic E-state index is 13.8. The zero-order chi connectivity index (χ0) is 15.5. The van der Waals surface area contributed by atoms with Crippen molar-refractivity contribution in [1.29, 1.82) is 0 Å². The van der Waals surface area contributed by atoms with Gasteiger partial charge in [-0.1, -0.05) is 0 Å². The maximum Gasteiger partial charge on any atom is 0.149 e. The Balaban J connectivity index is 1.43. The van der Waals surface area contributed by atoms with E-state index in [0.717, 1.165) is 51.3 Å². The van der Waals surface area contributed by atoms with Crippen LogP contribution < -0.4 is 4.90 Å². The van der Waals surface area contributed by atoms with Crippen LogP contribution in [-0.2, 0) is 0 Å². The average Bonchev–Trinajstić information content (AvgIpc) is 3.30. The van der Waals surface area contributed by atoms with Gasteiger partial charge in [0.05, 0.1) is 5.69 Å². The van der Waals surface area contributed by atoms with E-state index in [9.17, 15) is 8.78 Å². The first-order valence-electron chi connectivity index (χ1n) is 8.23. The van der Waals surface area contributed by atoms with Crippen molar-refractivity contribution in [2.24, 2.45) is 5.92 Å². The van der Waals surface area contributed by atoms with Crippen molar-refractivity contribution in [1.82, 2.24) is 9.80 Å². The first-order chi connectivity index (χ1) is 10.6. The van der Waals surface area contributed by atoms with Crippen molar-refractivity contribution in [2.75, 3.05) is 57.8 Å². The molecule has 0 aromatic heterocycles. The zero-order valence-corrected chi connectivity index (χ0v) is 13.3. The van der Waals surface area contributed by atoms with Gasteiger partial charge in [0.15, 0.2) is 0 Å². The Bertz CT molecular complexity index is 497. The smallest absolute Gasteiger partial charge is 0.149 e. The van der Waals surface area contributed by atoms with E-state index < -0.39 is 11.6 Å². The topological polar surface area (TPSA) is 9.72 Å². The Kier molecular flexibility index (Phi) is 4.93. The molecule has 3 rings (SSSR count). The third-order valence-corrected chi connectivity index (χ3v) is 4.69. The van der Waals surface area contributed by atoms with Crippen molar-refractivity contribution >= 4 is 5.69 Å². The fourth-order valence-electron chi connectivity index (χ4n) is 3.09. The van der Waals surface area contributed by atoms with Crippen molar-refractivity contribution in [3.05, 3.63) is 29.8 Å². The van der Waals surface area contributed by atoms with Gasteiger partial charge in [-0.2, -0.15) is 0 Å². The van der Waals surface area contributed by atoms with E-state index in [1.807, 2.05) is 4.90 Å². The predicted molar refractivity (Wildman–Crippen MR) is 85.2 cm³/mol. The molecule has 5 heteroatoms. The average molecular weight is 309 g/mol. The molecule has 22 heavy (non-hydrogen) atoms. The number of hydrogen-bond donors (Lipinski definition) is 0. The molecule has 0 spiro atoms. The third-order valence-electron chi connectivity index (χ3n) is 4.69. The molecule has 0 bridgehead atoms. The molecule has 3 nitrogen and oxygen atoms in total. The van der Waals surface area contributed by atoms with Crippen LogP contribution in [0.4, 0.5) is 14.5 Å². The molecule has 1 heterocycles. The second-order valence-corrected chi connectivity index (χ2v) is 6.63. The number of likely N-dealkylation sites (N-methyl/N-ethyl adjacent to an activating group) is 1. The molecule has 1 saturated heterocycles. The monoisotopic (exact) mass is 309 g/mol. The molecule has 2 fully saturated rings. The minimum absolute atomic E-state index is 0.461. The number of hydrogen-bond acceptors (Lipinski definition) is 3. The highest BCUT2D eigenvalue weighted by Crippen LogP contribution is 2.29. The summed E-state index contributed by atoms with van der Waals surface area (Å²) in [5.41, 5.74) is 0.520. The van der Waals surface area contributed by atoms with Crippen LogP contribution in [0.5, 0.6) is 0 Å². The fraction of sp³-hybridized carbons (Fsp3) is 0.647. The van der Waals surface area contributed by atoms with Crippen LogP contribution in [-0.4, -0.2) is 62.7 Å². The van der Waals surface area contributed by atoms with Crippen LogP contribution in [0.2, 0.25) is 0 Å². The first kappa shape index (κ1) is 15.7. The van der Waals surface area contributed by atoms with Crippen LogP contribution >= 0.6 is 0 Å². The van der Waals surface area contributed by atoms with Gasteiger partial charge in [0.25, 0.3) is 0 Å². The SMILES string of the molecule is CN(CCN1CCN(c2ccc(F)cc2F)CC1)CC1CC1. The van der Waals surface area contributed by atoms with Gasteiger partial charge in [0.2, 0.25) is 0 Å². The number of halogens is 2. The van der Waals surface area contributed by atoms with Crippen LogP contribution in [0.3, 0.4) is 0 Å². The molecule has 0 amide bonds. The van der Waals surface area contributed by atoms with Crippen molar-refractivity contribution in [3.8, 4) is 0 Å². The summed E-state index contributed by atoms with van der Waals surface area (Å²) in [5, 5.41) is 0. The molecule has 0 N–H and O–H groups in total. The minimum Gasteiger partial charge on any atom is -0.367 e. The van der Waals surface area contributed by atoms with Crippen molar-refractivity contribution in [3.63, 3.8) is 0 Å². The molecule has 2 aliphatic rings. The van der Waals surface area contributed by atoms with E-state index in [1.165, 1.54) is 25.5 Å². The quantitative estimate of drug-likeness (QED) is 0.799. The highest BCUT2D eigenvalue weighted by molar-refractivity contribution is 5.48. The van der Waals surface area contributed by atoms with E-state index in [2.05, 4.69) is 16.8 Å². The van der Waals surface area contributed by atoms with E-state index in [4.69, 9.17) is 0 Å². The van der Waals surface area contributed by atoms with Crippen LogP contribution in [0.1, 0.15) is 12.8 Å². The maximum absolute atomic E-state index is 13.8. The van der Waals surface area contributed by atoms with Gasteiger partial charge in [-0.15, -0.1) is 0 Å². The first-order valence-corrected chi connectivity index (χ1v) is 8.23. The molecule has 0 unspecified atom stereocenters. The number of nitrogens with zero attached hydrogens (tertiary/aromatic N) is 3. The third kappa shape index (κ3) is 4.17. The highest BCUT2D eigenvalue weighted by Gasteiger charge is 2.23. The van der Waals surface area contributed by atoms with Gasteiger partial charge in [-0.05, 0) is 37.9 Å². The summed E-state index contributed by atoms with van der Waals surface area (Å²) in [5.74, 6) is -0.0421. The second kappa shape index (κ2) is 6.92. The molecule has 0 atom stereocenters. The van der Waals surface area contributed by atoms with Gasteiger partial charge in [0.1, 0.15) is 11.6 Å². The Morgan fingerprint density at radius 1 is 1.14 bits per heavy atom. The molecule has 1 aliphatic carbocycles. The Hall–Kier alpha value is -1.20. The lowest BCUT2D eigenvalue weighted by Gasteiger charge is -2.36. The van der Waals surface area contributed by atoms with Gasteiger partial charge < -0.3 is 9.80 Å². The predicted octanol–water partition coefficient (Wildman–Crippen LogP) is 2.43. The largest absolute Gasteiger partial charge is 0.367 e. The zero-order valence-electron chi connectivity index (χ0n) is 13.3. The summed E-state index contributed by atoms with van der Waals surface area (Å²) in [7, 11) is 2.20. The van der Waals surface area contributed by atoms with Crippen LogP contribution in [0.15, 0.2) is 18.2 Å². The second-order valence-electron chi connectivity index (χ2n) is 6.63. The number of anilines is 1. The summed E-state index contributed by atoms with van der Waals surface area (Å²) in [4.78, 5) is 6.87. The van der Waals surface area contributed by atoms with Gasteiger partial charge >= 0.3 is 0 Å². The van der Waals surface area contributed by atoms with E-state index in [1.54, 1.807) is 6.07 Å². The normalized spacial score (nSPS) is 19.9. The van der Waals surface area contributed by atoms with Crippen molar-refractivity contribution < 1.29 is 8.78 Å². The number of piperazine rings is 1. The van der Waals surface area contributed by atoms with Gasteiger partial charge in [-0.3, -0.25) is 4.90 Å². The molecule has 1 saturated carbocycles. The van der Waals surface area contributed by atoms with Gasteiger partial charge in [0, 0.05) is 51.9 Å². The van der Waals surface area contributed by atoms with E-state index in [0.29, 0.717) is 5.69 Å². The molecular weight excluding hydrogens is 284 g/mol. The van der Waals surface area contributed by atoms with Crippen molar-refractivity contribution in [2.45, 2.75) is 12.8 Å². The highest BCUT2D eigenvalue weighted by atomic mass is 19.1. The van der Waals surface area contributed by atoms with E-state index in [-0.39, 0.29) is 0 Å². The lowest BCUT2D eigenvalue weighted by atomic mass is 10.2. The number of rotatable bonds is 6. The molecule has 1 aliphatic heterocycles. The molecule has 122 valence electrons. The molecule has 0 radical (unpaired) electrons. The summed E-state index contributed by atoms with van der Waals surface area (Å²) >= 11 is 0. The van der Waals surface area contributed by atoms with Crippen LogP contribution in [0, 0.1) is 17.6 Å². The Morgan fingerprint density at radius 2 is 1.86 bits per heavy atom. The number of benzene rings is 1. The van der Waals surface area contributed by atoms with E-state index >= 15 is 0 Å². The Morgan fingerprint density at radius 3 is 2.50 bits per heavy atom. The molecular formula is C17H25F2N3. The van der Waals surface area contributed by atoms with Crippen LogP contribution in [0.25, 0.3) is 0 Å². The fourth-order valence-corrected chi connectivity index (χ4v) is 3.09. The lowest BCUT2D eigenvalue weighted by molar-refractivity contribution is 0.212. The lowest BCUT2D eigenvalue weighted by Crippen LogP contribution is -2.48. The Labute approximate surface area is 131 Å². The van der Waals surface area contributed by atoms with Gasteiger partial charge in [-0.25, -0.2) is 8.78 Å². The minimum atomic E-state index is -0.515. The molecule has 1 aromatic carbocycles. The molecule has 1 aromatic rings. The summed E-state index contributed by atoms with van der Waals surface area (Å²) in [6.45, 7) is 6.87. The summed E-state index contributed by atoms with van der Waals surface area (Å²) in [6, 6.07) is 3.84. The summed E-state index contributed by atoms with van der Waals surface area (Å²) < 4.78 is 26.8. The summed E-state index contributed by atoms with van der Waals surface area (Å²) in [6.07, 6.45) is 2.79.